The van der Waals surface area contributed by atoms with Crippen molar-refractivity contribution in [2.45, 2.75) is 13.0 Å². The van der Waals surface area contributed by atoms with Gasteiger partial charge in [-0.1, -0.05) is 42.5 Å². The zero-order valence-electron chi connectivity index (χ0n) is 16.8. The van der Waals surface area contributed by atoms with E-state index in [0.717, 1.165) is 24.2 Å². The van der Waals surface area contributed by atoms with Crippen molar-refractivity contribution in [3.05, 3.63) is 77.1 Å². The van der Waals surface area contributed by atoms with Crippen molar-refractivity contribution in [3.8, 4) is 0 Å². The van der Waals surface area contributed by atoms with Gasteiger partial charge < -0.3 is 14.8 Å². The number of carboxylic acid groups (broad SMARTS) is 1. The summed E-state index contributed by atoms with van der Waals surface area (Å²) in [6, 6.07) is 18.4. The van der Waals surface area contributed by atoms with Crippen molar-refractivity contribution in [2.24, 2.45) is 0 Å². The molecule has 2 N–H and O–H groups in total. The van der Waals surface area contributed by atoms with E-state index in [1.165, 1.54) is 16.3 Å². The Bertz CT molecular complexity index is 1240. The third-order valence-corrected chi connectivity index (χ3v) is 5.80. The minimum absolute atomic E-state index is 0.0777. The molecule has 0 aliphatic carbocycles. The molecule has 1 saturated heterocycles. The van der Waals surface area contributed by atoms with Crippen molar-refractivity contribution in [2.75, 3.05) is 26.3 Å². The molecule has 1 atom stereocenters. The van der Waals surface area contributed by atoms with E-state index in [2.05, 4.69) is 45.2 Å². The lowest BCUT2D eigenvalue weighted by Crippen LogP contribution is -2.39. The molecular formula is C24H23N3O3. The summed E-state index contributed by atoms with van der Waals surface area (Å²) in [4.78, 5) is 22.0. The Morgan fingerprint density at radius 3 is 2.70 bits per heavy atom. The molecule has 152 valence electrons. The zero-order valence-corrected chi connectivity index (χ0v) is 16.8. The number of aromatic amines is 1. The van der Waals surface area contributed by atoms with Crippen molar-refractivity contribution in [1.82, 2.24) is 14.9 Å². The largest absolute Gasteiger partial charge is 0.478 e. The zero-order chi connectivity index (χ0) is 20.7. The van der Waals surface area contributed by atoms with Crippen LogP contribution < -0.4 is 0 Å². The lowest BCUT2D eigenvalue weighted by atomic mass is 9.91. The molecule has 0 radical (unpaired) electrons. The molecule has 1 fully saturated rings. The lowest BCUT2D eigenvalue weighted by Gasteiger charge is -2.36. The maximum atomic E-state index is 12.0. The van der Waals surface area contributed by atoms with Crippen LogP contribution in [0.2, 0.25) is 0 Å². The summed E-state index contributed by atoms with van der Waals surface area (Å²) in [7, 11) is 0. The third-order valence-electron chi connectivity index (χ3n) is 5.80. The first-order valence-corrected chi connectivity index (χ1v) is 10.1. The van der Waals surface area contributed by atoms with E-state index in [1.54, 1.807) is 6.07 Å². The van der Waals surface area contributed by atoms with Crippen LogP contribution in [0.5, 0.6) is 0 Å². The Balaban J connectivity index is 1.76. The molecule has 1 unspecified atom stereocenters. The van der Waals surface area contributed by atoms with Crippen LogP contribution in [0.3, 0.4) is 0 Å². The Hall–Kier alpha value is -3.22. The highest BCUT2D eigenvalue weighted by atomic mass is 16.5. The Morgan fingerprint density at radius 2 is 1.90 bits per heavy atom. The number of aromatic carboxylic acids is 1. The average molecular weight is 401 g/mol. The van der Waals surface area contributed by atoms with Crippen molar-refractivity contribution in [3.63, 3.8) is 0 Å². The molecule has 30 heavy (non-hydrogen) atoms. The fourth-order valence-electron chi connectivity index (χ4n) is 4.50. The average Bonchev–Trinajstić information content (AvgIpc) is 3.14. The number of nitrogens with one attached hydrogen (secondary N) is 1. The second kappa shape index (κ2) is 7.55. The second-order valence-electron chi connectivity index (χ2n) is 7.71. The van der Waals surface area contributed by atoms with Crippen molar-refractivity contribution < 1.29 is 14.6 Å². The number of aromatic nitrogens is 2. The summed E-state index contributed by atoms with van der Waals surface area (Å²) in [5.41, 5.74) is 3.59. The molecule has 1 aliphatic rings. The van der Waals surface area contributed by atoms with Crippen LogP contribution in [-0.2, 0) is 4.74 Å². The van der Waals surface area contributed by atoms with E-state index < -0.39 is 5.97 Å². The molecule has 0 amide bonds. The molecule has 0 saturated carbocycles. The van der Waals surface area contributed by atoms with Gasteiger partial charge in [0.1, 0.15) is 11.3 Å². The van der Waals surface area contributed by atoms with Gasteiger partial charge in [0.15, 0.2) is 0 Å². The smallest absolute Gasteiger partial charge is 0.337 e. The highest BCUT2D eigenvalue weighted by molar-refractivity contribution is 6.01. The summed E-state index contributed by atoms with van der Waals surface area (Å²) >= 11 is 0. The summed E-state index contributed by atoms with van der Waals surface area (Å²) in [6.45, 7) is 4.75. The number of benzene rings is 3. The van der Waals surface area contributed by atoms with Gasteiger partial charge in [0.05, 0.1) is 30.3 Å². The molecular weight excluding hydrogens is 378 g/mol. The topological polar surface area (TPSA) is 78.4 Å². The van der Waals surface area contributed by atoms with Gasteiger partial charge >= 0.3 is 5.97 Å². The summed E-state index contributed by atoms with van der Waals surface area (Å²) in [5.74, 6) is -0.260. The first-order chi connectivity index (χ1) is 14.6. The molecule has 1 aromatic heterocycles. The SMILES string of the molecule is Cc1nc2c(C(=O)O)cc(C(c3cccc4ccccc34)N3CCOCC3)cc2[nH]1. The molecule has 0 spiro atoms. The number of rotatable bonds is 4. The molecule has 2 heterocycles. The Morgan fingerprint density at radius 1 is 1.13 bits per heavy atom. The minimum atomic E-state index is -0.966. The fourth-order valence-corrected chi connectivity index (χ4v) is 4.50. The van der Waals surface area contributed by atoms with Gasteiger partial charge in [-0.2, -0.15) is 0 Å². The highest BCUT2D eigenvalue weighted by Gasteiger charge is 2.28. The molecule has 6 heteroatoms. The van der Waals surface area contributed by atoms with E-state index in [9.17, 15) is 9.90 Å². The number of imidazole rings is 1. The number of nitrogens with zero attached hydrogens (tertiary/aromatic N) is 2. The lowest BCUT2D eigenvalue weighted by molar-refractivity contribution is 0.0242. The summed E-state index contributed by atoms with van der Waals surface area (Å²) in [6.07, 6.45) is 0. The summed E-state index contributed by atoms with van der Waals surface area (Å²) in [5, 5.41) is 12.2. The van der Waals surface area contributed by atoms with E-state index in [4.69, 9.17) is 4.74 Å². The molecule has 0 bridgehead atoms. The van der Waals surface area contributed by atoms with Crippen molar-refractivity contribution in [1.29, 1.82) is 0 Å². The highest BCUT2D eigenvalue weighted by Crippen LogP contribution is 2.36. The van der Waals surface area contributed by atoms with Crippen molar-refractivity contribution >= 4 is 27.8 Å². The van der Waals surface area contributed by atoms with Gasteiger partial charge in [0.2, 0.25) is 0 Å². The monoisotopic (exact) mass is 401 g/mol. The van der Waals surface area contributed by atoms with Gasteiger partial charge in [0.25, 0.3) is 0 Å². The van der Waals surface area contributed by atoms with Gasteiger partial charge in [-0.15, -0.1) is 0 Å². The first kappa shape index (κ1) is 18.8. The van der Waals surface area contributed by atoms with E-state index in [1.807, 2.05) is 25.1 Å². The number of hydrogen-bond acceptors (Lipinski definition) is 4. The number of carboxylic acids is 1. The van der Waals surface area contributed by atoms with Gasteiger partial charge in [-0.05, 0) is 41.0 Å². The number of carbonyl (C=O) groups is 1. The molecule has 5 rings (SSSR count). The van der Waals surface area contributed by atoms with Crippen LogP contribution in [0.4, 0.5) is 0 Å². The van der Waals surface area contributed by atoms with Crippen LogP contribution in [0.25, 0.3) is 21.8 Å². The van der Waals surface area contributed by atoms with Crippen LogP contribution in [0.1, 0.15) is 33.4 Å². The third kappa shape index (κ3) is 3.24. The van der Waals surface area contributed by atoms with Gasteiger partial charge in [-0.3, -0.25) is 4.90 Å². The fraction of sp³-hybridized carbons (Fsp3) is 0.250. The number of aryl methyl sites for hydroxylation is 1. The molecule has 4 aromatic rings. The molecule has 3 aromatic carbocycles. The maximum Gasteiger partial charge on any atom is 0.337 e. The molecule has 6 nitrogen and oxygen atoms in total. The summed E-state index contributed by atoms with van der Waals surface area (Å²) < 4.78 is 5.59. The predicted molar refractivity (Wildman–Crippen MR) is 116 cm³/mol. The van der Waals surface area contributed by atoms with E-state index in [-0.39, 0.29) is 11.6 Å². The predicted octanol–water partition coefficient (Wildman–Crippen LogP) is 4.14. The Labute approximate surface area is 174 Å². The van der Waals surface area contributed by atoms with Crippen LogP contribution in [0, 0.1) is 6.92 Å². The standard InChI is InChI=1S/C24H23N3O3/c1-15-25-21-14-17(13-20(24(28)29)22(21)26-15)23(27-9-11-30-12-10-27)19-8-4-6-16-5-2-3-7-18(16)19/h2-8,13-14,23H,9-12H2,1H3,(H,25,26)(H,28,29). The first-order valence-electron chi connectivity index (χ1n) is 10.1. The van der Waals surface area contributed by atoms with Gasteiger partial charge in [0, 0.05) is 13.1 Å². The number of morpholine rings is 1. The van der Waals surface area contributed by atoms with Crippen LogP contribution in [-0.4, -0.2) is 52.2 Å². The van der Waals surface area contributed by atoms with E-state index >= 15 is 0 Å². The molecule has 1 aliphatic heterocycles. The van der Waals surface area contributed by atoms with Crippen LogP contribution in [0.15, 0.2) is 54.6 Å². The Kier molecular flexibility index (Phi) is 4.73. The van der Waals surface area contributed by atoms with E-state index in [0.29, 0.717) is 24.6 Å². The second-order valence-corrected chi connectivity index (χ2v) is 7.71. The minimum Gasteiger partial charge on any atom is -0.478 e. The number of hydrogen-bond donors (Lipinski definition) is 2. The van der Waals surface area contributed by atoms with Gasteiger partial charge in [-0.25, -0.2) is 9.78 Å². The number of ether oxygens (including phenoxy) is 1. The number of H-pyrrole nitrogens is 1. The normalized spacial score (nSPS) is 16.2. The van der Waals surface area contributed by atoms with Crippen LogP contribution >= 0.6 is 0 Å². The quantitative estimate of drug-likeness (QED) is 0.537. The maximum absolute atomic E-state index is 12.0. The number of fused-ring (bicyclic) bond motifs is 2.